The molecule has 0 unspecified atom stereocenters. The van der Waals surface area contributed by atoms with Gasteiger partial charge in [-0.2, -0.15) is 0 Å². The molecule has 0 saturated heterocycles. The van der Waals surface area contributed by atoms with Crippen molar-refractivity contribution in [3.05, 3.63) is 46.3 Å². The lowest BCUT2D eigenvalue weighted by atomic mass is 10.2. The van der Waals surface area contributed by atoms with Crippen LogP contribution in [0.2, 0.25) is 0 Å². The molecule has 2 heterocycles. The quantitative estimate of drug-likeness (QED) is 0.774. The molecule has 2 rings (SSSR count). The highest BCUT2D eigenvalue weighted by atomic mass is 32.1. The van der Waals surface area contributed by atoms with E-state index in [1.165, 1.54) is 11.3 Å². The van der Waals surface area contributed by atoms with Gasteiger partial charge < -0.3 is 15.4 Å². The normalized spacial score (nSPS) is 10.1. The summed E-state index contributed by atoms with van der Waals surface area (Å²) in [5.41, 5.74) is 0.824. The summed E-state index contributed by atoms with van der Waals surface area (Å²) in [5, 5.41) is 7.36. The number of thiophene rings is 1. The van der Waals surface area contributed by atoms with Crippen LogP contribution in [0.3, 0.4) is 0 Å². The molecule has 2 N–H and O–H groups in total. The van der Waals surface area contributed by atoms with Gasteiger partial charge in [0.15, 0.2) is 0 Å². The molecule has 7 heteroatoms. The molecule has 23 heavy (non-hydrogen) atoms. The SMILES string of the molecule is CCOc1ncccc1CNC(=O)CCNC(=O)c1cccs1. The first kappa shape index (κ1) is 17.0. The van der Waals surface area contributed by atoms with Crippen LogP contribution in [-0.4, -0.2) is 29.9 Å². The van der Waals surface area contributed by atoms with Crippen LogP contribution in [0, 0.1) is 0 Å². The molecule has 6 nitrogen and oxygen atoms in total. The second-order valence-electron chi connectivity index (χ2n) is 4.66. The second-order valence-corrected chi connectivity index (χ2v) is 5.61. The van der Waals surface area contributed by atoms with E-state index in [0.29, 0.717) is 30.5 Å². The van der Waals surface area contributed by atoms with Crippen LogP contribution in [0.1, 0.15) is 28.6 Å². The van der Waals surface area contributed by atoms with Gasteiger partial charge >= 0.3 is 0 Å². The summed E-state index contributed by atoms with van der Waals surface area (Å²) in [7, 11) is 0. The number of aromatic nitrogens is 1. The minimum Gasteiger partial charge on any atom is -0.478 e. The molecule has 0 bridgehead atoms. The largest absolute Gasteiger partial charge is 0.478 e. The fourth-order valence-corrected chi connectivity index (χ4v) is 2.53. The van der Waals surface area contributed by atoms with Crippen molar-refractivity contribution in [3.63, 3.8) is 0 Å². The Morgan fingerprint density at radius 2 is 2.13 bits per heavy atom. The van der Waals surface area contributed by atoms with Crippen molar-refractivity contribution in [3.8, 4) is 5.88 Å². The molecule has 0 saturated carbocycles. The number of amides is 2. The topological polar surface area (TPSA) is 80.3 Å². The molecule has 2 aromatic heterocycles. The van der Waals surface area contributed by atoms with Crippen molar-refractivity contribution in [1.82, 2.24) is 15.6 Å². The zero-order valence-corrected chi connectivity index (χ0v) is 13.7. The lowest BCUT2D eigenvalue weighted by Gasteiger charge is -2.10. The van der Waals surface area contributed by atoms with Gasteiger partial charge in [0.2, 0.25) is 11.8 Å². The first-order valence-electron chi connectivity index (χ1n) is 7.35. The first-order valence-corrected chi connectivity index (χ1v) is 8.23. The number of nitrogens with one attached hydrogen (secondary N) is 2. The minimum atomic E-state index is -0.154. The number of rotatable bonds is 8. The Morgan fingerprint density at radius 3 is 2.87 bits per heavy atom. The van der Waals surface area contributed by atoms with Crippen molar-refractivity contribution in [2.75, 3.05) is 13.2 Å². The Morgan fingerprint density at radius 1 is 1.26 bits per heavy atom. The van der Waals surface area contributed by atoms with E-state index in [-0.39, 0.29) is 18.2 Å². The number of ether oxygens (including phenoxy) is 1. The van der Waals surface area contributed by atoms with Gasteiger partial charge in [-0.25, -0.2) is 4.98 Å². The van der Waals surface area contributed by atoms with Crippen LogP contribution in [0.4, 0.5) is 0 Å². The number of pyridine rings is 1. The fourth-order valence-electron chi connectivity index (χ4n) is 1.89. The van der Waals surface area contributed by atoms with Crippen molar-refractivity contribution in [2.45, 2.75) is 19.9 Å². The van der Waals surface area contributed by atoms with Gasteiger partial charge in [-0.3, -0.25) is 9.59 Å². The molecule has 0 aromatic carbocycles. The van der Waals surface area contributed by atoms with Gasteiger partial charge in [-0.15, -0.1) is 11.3 Å². The molecular weight excluding hydrogens is 314 g/mol. The van der Waals surface area contributed by atoms with Crippen LogP contribution >= 0.6 is 11.3 Å². The molecule has 0 atom stereocenters. The summed E-state index contributed by atoms with van der Waals surface area (Å²) in [6.45, 7) is 3.05. The lowest BCUT2D eigenvalue weighted by molar-refractivity contribution is -0.121. The summed E-state index contributed by atoms with van der Waals surface area (Å²) >= 11 is 1.37. The van der Waals surface area contributed by atoms with Gasteiger partial charge in [-0.1, -0.05) is 12.1 Å². The van der Waals surface area contributed by atoms with Crippen molar-refractivity contribution in [1.29, 1.82) is 0 Å². The van der Waals surface area contributed by atoms with Gasteiger partial charge in [-0.05, 0) is 24.4 Å². The van der Waals surface area contributed by atoms with E-state index in [0.717, 1.165) is 5.56 Å². The number of hydrogen-bond donors (Lipinski definition) is 2. The number of nitrogens with zero attached hydrogens (tertiary/aromatic N) is 1. The van der Waals surface area contributed by atoms with E-state index < -0.39 is 0 Å². The average Bonchev–Trinajstić information content (AvgIpc) is 3.09. The zero-order valence-electron chi connectivity index (χ0n) is 12.9. The van der Waals surface area contributed by atoms with Gasteiger partial charge in [0.1, 0.15) is 0 Å². The third kappa shape index (κ3) is 5.37. The highest BCUT2D eigenvalue weighted by Gasteiger charge is 2.09. The van der Waals surface area contributed by atoms with E-state index in [2.05, 4.69) is 15.6 Å². The van der Waals surface area contributed by atoms with Crippen LogP contribution in [0.15, 0.2) is 35.8 Å². The molecule has 0 spiro atoms. The Labute approximate surface area is 138 Å². The summed E-state index contributed by atoms with van der Waals surface area (Å²) in [4.78, 5) is 28.3. The molecular formula is C16H19N3O3S. The maximum absolute atomic E-state index is 11.8. The average molecular weight is 333 g/mol. The number of hydrogen-bond acceptors (Lipinski definition) is 5. The Balaban J connectivity index is 1.72. The smallest absolute Gasteiger partial charge is 0.261 e. The van der Waals surface area contributed by atoms with E-state index in [1.54, 1.807) is 18.3 Å². The van der Waals surface area contributed by atoms with E-state index in [4.69, 9.17) is 4.74 Å². The first-order chi connectivity index (χ1) is 11.2. The maximum atomic E-state index is 11.8. The Hall–Kier alpha value is -2.41. The molecule has 122 valence electrons. The van der Waals surface area contributed by atoms with Crippen LogP contribution in [0.5, 0.6) is 5.88 Å². The third-order valence-electron chi connectivity index (χ3n) is 2.99. The summed E-state index contributed by atoms with van der Waals surface area (Å²) in [6, 6.07) is 7.22. The Bertz CT molecular complexity index is 644. The summed E-state index contributed by atoms with van der Waals surface area (Å²) in [6.07, 6.45) is 1.87. The minimum absolute atomic E-state index is 0.136. The van der Waals surface area contributed by atoms with Crippen LogP contribution in [0.25, 0.3) is 0 Å². The number of carbonyl (C=O) groups excluding carboxylic acids is 2. The van der Waals surface area contributed by atoms with E-state index in [9.17, 15) is 9.59 Å². The zero-order chi connectivity index (χ0) is 16.5. The highest BCUT2D eigenvalue weighted by Crippen LogP contribution is 2.13. The molecule has 0 aliphatic heterocycles. The van der Waals surface area contributed by atoms with Gasteiger partial charge in [0.25, 0.3) is 5.91 Å². The van der Waals surface area contributed by atoms with Crippen molar-refractivity contribution < 1.29 is 14.3 Å². The highest BCUT2D eigenvalue weighted by molar-refractivity contribution is 7.12. The molecule has 0 radical (unpaired) electrons. The van der Waals surface area contributed by atoms with Crippen LogP contribution < -0.4 is 15.4 Å². The second kappa shape index (κ2) is 8.89. The molecule has 2 aromatic rings. The van der Waals surface area contributed by atoms with Crippen molar-refractivity contribution >= 4 is 23.2 Å². The lowest BCUT2D eigenvalue weighted by Crippen LogP contribution is -2.30. The molecule has 0 fully saturated rings. The maximum Gasteiger partial charge on any atom is 0.261 e. The summed E-state index contributed by atoms with van der Waals surface area (Å²) < 4.78 is 5.40. The summed E-state index contributed by atoms with van der Waals surface area (Å²) in [5.74, 6) is 0.239. The van der Waals surface area contributed by atoms with Gasteiger partial charge in [0, 0.05) is 31.3 Å². The van der Waals surface area contributed by atoms with Crippen molar-refractivity contribution in [2.24, 2.45) is 0 Å². The number of carbonyl (C=O) groups is 2. The fraction of sp³-hybridized carbons (Fsp3) is 0.312. The predicted octanol–water partition coefficient (Wildman–Crippen LogP) is 1.98. The predicted molar refractivity (Wildman–Crippen MR) is 88.5 cm³/mol. The van der Waals surface area contributed by atoms with Gasteiger partial charge in [0.05, 0.1) is 11.5 Å². The molecule has 0 aliphatic carbocycles. The van der Waals surface area contributed by atoms with E-state index >= 15 is 0 Å². The standard InChI is InChI=1S/C16H19N3O3S/c1-2-22-16-12(5-3-8-18-16)11-19-14(20)7-9-17-15(21)13-6-4-10-23-13/h3-6,8,10H,2,7,9,11H2,1H3,(H,17,21)(H,19,20). The molecule has 0 aliphatic rings. The van der Waals surface area contributed by atoms with E-state index in [1.807, 2.05) is 24.4 Å². The monoisotopic (exact) mass is 333 g/mol. The molecule has 2 amide bonds. The van der Waals surface area contributed by atoms with Crippen LogP contribution in [-0.2, 0) is 11.3 Å². The Kier molecular flexibility index (Phi) is 6.56. The third-order valence-corrected chi connectivity index (χ3v) is 3.86.